The maximum absolute atomic E-state index is 12.1. The standard InChI is InChI=1S/C20H21BN6O3S/c1-11-17(18-15(24-11)7-4-8-16(18)31(22)30)20-25-19(12(2)26-27-20)23-10-13-5-3-6-14(9-13)21(28)29/h3-9,24,28-29H,10,22H2,1-2H3,(H,23,25,27). The summed E-state index contributed by atoms with van der Waals surface area (Å²) >= 11 is -1.67. The monoisotopic (exact) mass is 436 g/mol. The minimum atomic E-state index is -1.67. The van der Waals surface area contributed by atoms with Gasteiger partial charge < -0.3 is 24.9 Å². The van der Waals surface area contributed by atoms with Crippen molar-refractivity contribution >= 4 is 40.7 Å². The van der Waals surface area contributed by atoms with E-state index >= 15 is 0 Å². The summed E-state index contributed by atoms with van der Waals surface area (Å²) in [7, 11) is -1.53. The number of nitrogens with one attached hydrogen (secondary N) is 2. The Labute approximate surface area is 182 Å². The van der Waals surface area contributed by atoms with Crippen LogP contribution in [0.25, 0.3) is 22.3 Å². The molecule has 0 radical (unpaired) electrons. The van der Waals surface area contributed by atoms with Gasteiger partial charge in [-0.3, -0.25) is 0 Å². The summed E-state index contributed by atoms with van der Waals surface area (Å²) < 4.78 is 12.1. The molecular formula is C20H21BN6O3S. The van der Waals surface area contributed by atoms with E-state index in [0.29, 0.717) is 45.2 Å². The SMILES string of the molecule is Cc1nnc(-c2c(C)[nH]c3cccc([S+](N)[O-])c23)nc1NCc1cccc(B(O)O)c1. The Morgan fingerprint density at radius 3 is 2.68 bits per heavy atom. The van der Waals surface area contributed by atoms with Crippen LogP contribution in [-0.4, -0.2) is 41.9 Å². The first kappa shape index (κ1) is 21.3. The van der Waals surface area contributed by atoms with E-state index in [4.69, 9.17) is 5.14 Å². The molecule has 0 aliphatic heterocycles. The van der Waals surface area contributed by atoms with E-state index in [2.05, 4.69) is 25.5 Å². The van der Waals surface area contributed by atoms with E-state index in [1.54, 1.807) is 37.3 Å². The fourth-order valence-electron chi connectivity index (χ4n) is 3.49. The van der Waals surface area contributed by atoms with Crippen LogP contribution < -0.4 is 15.9 Å². The maximum atomic E-state index is 12.1. The zero-order chi connectivity index (χ0) is 22.1. The lowest BCUT2D eigenvalue weighted by Crippen LogP contribution is -2.30. The normalized spacial score (nSPS) is 12.2. The predicted molar refractivity (Wildman–Crippen MR) is 121 cm³/mol. The number of aromatic nitrogens is 4. The zero-order valence-electron chi connectivity index (χ0n) is 17.0. The minimum Gasteiger partial charge on any atom is -0.593 e. The summed E-state index contributed by atoms with van der Waals surface area (Å²) in [6.45, 7) is 4.09. The number of hydrogen-bond donors (Lipinski definition) is 5. The Morgan fingerprint density at radius 1 is 1.16 bits per heavy atom. The topological polar surface area (TPSA) is 156 Å². The molecule has 158 valence electrons. The number of H-pyrrole nitrogens is 1. The highest BCUT2D eigenvalue weighted by molar-refractivity contribution is 7.89. The third-order valence-electron chi connectivity index (χ3n) is 4.98. The Balaban J connectivity index is 1.71. The van der Waals surface area contributed by atoms with Gasteiger partial charge in [-0.1, -0.05) is 30.3 Å². The molecular weight excluding hydrogens is 415 g/mol. The smallest absolute Gasteiger partial charge is 0.488 e. The molecule has 2 heterocycles. The molecule has 0 aliphatic rings. The Morgan fingerprint density at radius 2 is 1.94 bits per heavy atom. The largest absolute Gasteiger partial charge is 0.593 e. The Hall–Kier alpha value is -2.96. The number of nitrogens with two attached hydrogens (primary N) is 1. The lowest BCUT2D eigenvalue weighted by atomic mass is 9.80. The summed E-state index contributed by atoms with van der Waals surface area (Å²) in [5.41, 5.74) is 4.19. The summed E-state index contributed by atoms with van der Waals surface area (Å²) in [5, 5.41) is 36.9. The Kier molecular flexibility index (Phi) is 5.94. The molecule has 2 aromatic heterocycles. The van der Waals surface area contributed by atoms with Crippen molar-refractivity contribution in [2.75, 3.05) is 5.32 Å². The van der Waals surface area contributed by atoms with E-state index in [1.807, 2.05) is 19.1 Å². The molecule has 6 N–H and O–H groups in total. The first-order valence-corrected chi connectivity index (χ1v) is 10.7. The highest BCUT2D eigenvalue weighted by Gasteiger charge is 2.22. The van der Waals surface area contributed by atoms with Gasteiger partial charge in [0.15, 0.2) is 16.5 Å². The summed E-state index contributed by atoms with van der Waals surface area (Å²) in [6.07, 6.45) is 0. The molecule has 0 bridgehead atoms. The van der Waals surface area contributed by atoms with Crippen molar-refractivity contribution in [1.29, 1.82) is 0 Å². The second-order valence-corrected chi connectivity index (χ2v) is 8.18. The number of hydrogen-bond acceptors (Lipinski definition) is 8. The molecule has 0 aliphatic carbocycles. The number of benzene rings is 2. The van der Waals surface area contributed by atoms with E-state index in [9.17, 15) is 14.6 Å². The van der Waals surface area contributed by atoms with Gasteiger partial charge >= 0.3 is 7.12 Å². The van der Waals surface area contributed by atoms with Gasteiger partial charge in [0.05, 0.1) is 27.8 Å². The molecule has 9 nitrogen and oxygen atoms in total. The van der Waals surface area contributed by atoms with Crippen molar-refractivity contribution in [2.24, 2.45) is 5.14 Å². The van der Waals surface area contributed by atoms with Gasteiger partial charge in [-0.15, -0.1) is 15.3 Å². The van der Waals surface area contributed by atoms with Crippen LogP contribution in [0.3, 0.4) is 0 Å². The molecule has 0 saturated heterocycles. The van der Waals surface area contributed by atoms with Crippen molar-refractivity contribution in [3.05, 3.63) is 59.4 Å². The third kappa shape index (κ3) is 4.27. The fourth-order valence-corrected chi connectivity index (χ4v) is 4.12. The van der Waals surface area contributed by atoms with Gasteiger partial charge in [0, 0.05) is 12.2 Å². The van der Waals surface area contributed by atoms with E-state index < -0.39 is 18.5 Å². The number of fused-ring (bicyclic) bond motifs is 1. The first-order valence-electron chi connectivity index (χ1n) is 9.53. The van der Waals surface area contributed by atoms with Gasteiger partial charge in [-0.2, -0.15) is 0 Å². The summed E-state index contributed by atoms with van der Waals surface area (Å²) in [6, 6.07) is 12.4. The number of aryl methyl sites for hydroxylation is 2. The number of rotatable bonds is 6. The lowest BCUT2D eigenvalue weighted by molar-refractivity contribution is 0.425. The fraction of sp³-hybridized carbons (Fsp3) is 0.150. The van der Waals surface area contributed by atoms with E-state index in [1.165, 1.54) is 0 Å². The molecule has 4 rings (SSSR count). The van der Waals surface area contributed by atoms with Gasteiger partial charge in [0.25, 0.3) is 0 Å². The molecule has 0 fully saturated rings. The molecule has 0 amide bonds. The maximum Gasteiger partial charge on any atom is 0.488 e. The minimum absolute atomic E-state index is 0.384. The van der Waals surface area contributed by atoms with Crippen LogP contribution in [0.4, 0.5) is 5.82 Å². The van der Waals surface area contributed by atoms with Crippen molar-refractivity contribution < 1.29 is 14.6 Å². The predicted octanol–water partition coefficient (Wildman–Crippen LogP) is 0.910. The highest BCUT2D eigenvalue weighted by Crippen LogP contribution is 2.34. The molecule has 2 aromatic carbocycles. The molecule has 31 heavy (non-hydrogen) atoms. The van der Waals surface area contributed by atoms with E-state index in [-0.39, 0.29) is 0 Å². The van der Waals surface area contributed by atoms with Crippen molar-refractivity contribution in [3.8, 4) is 11.4 Å². The second-order valence-electron chi connectivity index (χ2n) is 7.14. The lowest BCUT2D eigenvalue weighted by Gasteiger charge is -2.11. The van der Waals surface area contributed by atoms with Crippen molar-refractivity contribution in [3.63, 3.8) is 0 Å². The van der Waals surface area contributed by atoms with Crippen LogP contribution in [0.5, 0.6) is 0 Å². The first-order chi connectivity index (χ1) is 14.8. The van der Waals surface area contributed by atoms with Crippen LogP contribution in [0.1, 0.15) is 17.0 Å². The molecule has 11 heteroatoms. The van der Waals surface area contributed by atoms with Crippen LogP contribution >= 0.6 is 0 Å². The average Bonchev–Trinajstić information content (AvgIpc) is 3.09. The van der Waals surface area contributed by atoms with Gasteiger partial charge in [-0.05, 0) is 37.0 Å². The molecule has 1 unspecified atom stereocenters. The van der Waals surface area contributed by atoms with Crippen molar-refractivity contribution in [1.82, 2.24) is 20.2 Å². The summed E-state index contributed by atoms with van der Waals surface area (Å²) in [5.74, 6) is 0.925. The molecule has 0 saturated carbocycles. The molecule has 1 atom stereocenters. The van der Waals surface area contributed by atoms with Gasteiger partial charge in [-0.25, -0.2) is 4.98 Å². The number of nitrogens with zero attached hydrogens (tertiary/aromatic N) is 3. The number of aromatic amines is 1. The van der Waals surface area contributed by atoms with Crippen LogP contribution in [0.2, 0.25) is 0 Å². The Bertz CT molecular complexity index is 1250. The molecule has 4 aromatic rings. The quantitative estimate of drug-likeness (QED) is 0.221. The third-order valence-corrected chi connectivity index (χ3v) is 5.75. The van der Waals surface area contributed by atoms with Gasteiger partial charge in [0.1, 0.15) is 5.69 Å². The average molecular weight is 436 g/mol. The molecule has 0 spiro atoms. The summed E-state index contributed by atoms with van der Waals surface area (Å²) in [4.78, 5) is 8.41. The number of anilines is 1. The van der Waals surface area contributed by atoms with Gasteiger partial charge in [0.2, 0.25) is 0 Å². The van der Waals surface area contributed by atoms with Crippen LogP contribution in [0.15, 0.2) is 47.4 Å². The second kappa shape index (κ2) is 8.65. The highest BCUT2D eigenvalue weighted by atomic mass is 32.2. The van der Waals surface area contributed by atoms with Crippen LogP contribution in [0, 0.1) is 13.8 Å². The van der Waals surface area contributed by atoms with E-state index in [0.717, 1.165) is 16.8 Å². The van der Waals surface area contributed by atoms with Crippen LogP contribution in [-0.2, 0) is 17.9 Å². The van der Waals surface area contributed by atoms with Crippen molar-refractivity contribution in [2.45, 2.75) is 25.3 Å². The zero-order valence-corrected chi connectivity index (χ0v) is 17.8.